The van der Waals surface area contributed by atoms with Crippen LogP contribution in [0.1, 0.15) is 19.4 Å². The first kappa shape index (κ1) is 17.7. The number of benzene rings is 1. The van der Waals surface area contributed by atoms with Gasteiger partial charge in [-0.2, -0.15) is 3.90 Å². The number of esters is 1. The quantitative estimate of drug-likeness (QED) is 0.614. The Hall–Kier alpha value is -2.72. The topological polar surface area (TPSA) is 99.9 Å². The van der Waals surface area contributed by atoms with Gasteiger partial charge >= 0.3 is 5.97 Å². The third-order valence-electron chi connectivity index (χ3n) is 4.10. The number of ether oxygens (including phenoxy) is 2. The molecule has 0 spiro atoms. The van der Waals surface area contributed by atoms with Crippen LogP contribution in [-0.4, -0.2) is 40.2 Å². The molecule has 8 nitrogen and oxygen atoms in total. The number of carbonyl (C=O) groups excluding carboxylic acids is 1. The zero-order valence-corrected chi connectivity index (χ0v) is 16.3. The predicted octanol–water partition coefficient (Wildman–Crippen LogP) is 2.32. The molecule has 3 aromatic rings. The van der Waals surface area contributed by atoms with E-state index in [1.54, 1.807) is 36.0 Å². The van der Waals surface area contributed by atoms with Crippen molar-refractivity contribution in [2.24, 2.45) is 0 Å². The van der Waals surface area contributed by atoms with E-state index in [1.807, 2.05) is 0 Å². The van der Waals surface area contributed by atoms with Crippen molar-refractivity contribution in [1.29, 1.82) is 0 Å². The third kappa shape index (κ3) is 3.10. The first-order chi connectivity index (χ1) is 12.6. The molecule has 1 aliphatic heterocycles. The van der Waals surface area contributed by atoms with E-state index in [4.69, 9.17) is 9.47 Å². The van der Waals surface area contributed by atoms with Gasteiger partial charge in [0.25, 0.3) is 0 Å². The van der Waals surface area contributed by atoms with Crippen LogP contribution in [0.15, 0.2) is 47.3 Å². The van der Waals surface area contributed by atoms with Crippen LogP contribution in [0.5, 0.6) is 5.06 Å². The molecule has 0 radical (unpaired) electrons. The third-order valence-corrected chi connectivity index (χ3v) is 6.07. The lowest BCUT2D eigenvalue weighted by atomic mass is 9.92. The van der Waals surface area contributed by atoms with Crippen molar-refractivity contribution in [3.05, 3.63) is 48.0 Å². The monoisotopic (exact) mass is 405 g/mol. The fourth-order valence-corrected chi connectivity index (χ4v) is 4.28. The Kier molecular flexibility index (Phi) is 3.86. The maximum absolute atomic E-state index is 12.4. The van der Waals surface area contributed by atoms with Gasteiger partial charge in [-0.25, -0.2) is 18.2 Å². The Morgan fingerprint density at radius 1 is 1.22 bits per heavy atom. The van der Waals surface area contributed by atoms with E-state index in [-0.39, 0.29) is 10.7 Å². The fraction of sp³-hybridized carbons (Fsp3) is 0.235. The van der Waals surface area contributed by atoms with Crippen LogP contribution < -0.4 is 4.74 Å². The van der Waals surface area contributed by atoms with E-state index in [2.05, 4.69) is 10.1 Å². The summed E-state index contributed by atoms with van der Waals surface area (Å²) in [5.74, 6) is -0.516. The van der Waals surface area contributed by atoms with Gasteiger partial charge in [-0.1, -0.05) is 12.1 Å². The molecule has 2 aromatic heterocycles. The van der Waals surface area contributed by atoms with E-state index >= 15 is 0 Å². The Balaban J connectivity index is 1.79. The number of rotatable bonds is 4. The highest BCUT2D eigenvalue weighted by atomic mass is 32.2. The first-order valence-electron chi connectivity index (χ1n) is 7.92. The van der Waals surface area contributed by atoms with Gasteiger partial charge in [0.15, 0.2) is 15.5 Å². The molecule has 0 aliphatic carbocycles. The zero-order valence-electron chi connectivity index (χ0n) is 14.7. The number of sulfone groups is 1. The zero-order chi connectivity index (χ0) is 19.4. The van der Waals surface area contributed by atoms with Crippen molar-refractivity contribution in [2.75, 3.05) is 6.26 Å². The summed E-state index contributed by atoms with van der Waals surface area (Å²) in [6.45, 7) is 3.51. The Morgan fingerprint density at radius 2 is 1.93 bits per heavy atom. The first-order valence-corrected chi connectivity index (χ1v) is 10.6. The Labute approximate surface area is 159 Å². The van der Waals surface area contributed by atoms with Gasteiger partial charge in [0.05, 0.1) is 10.5 Å². The second kappa shape index (κ2) is 5.89. The SMILES string of the molecule is CC1(C)OC(=O)C(Oc2cc3ncnn3s2)=C1c1ccc(S(C)(=O)=O)cc1. The molecular formula is C17H15N3O5S2. The van der Waals surface area contributed by atoms with Gasteiger partial charge in [-0.15, -0.1) is 5.10 Å². The number of carbonyl (C=O) groups is 1. The lowest BCUT2D eigenvalue weighted by Gasteiger charge is -2.21. The molecule has 1 aliphatic rings. The van der Waals surface area contributed by atoms with Crippen LogP contribution in [0.2, 0.25) is 0 Å². The molecule has 0 saturated carbocycles. The van der Waals surface area contributed by atoms with Crippen LogP contribution >= 0.6 is 11.5 Å². The van der Waals surface area contributed by atoms with Crippen molar-refractivity contribution in [3.8, 4) is 5.06 Å². The van der Waals surface area contributed by atoms with Gasteiger partial charge < -0.3 is 9.47 Å². The van der Waals surface area contributed by atoms with Crippen LogP contribution in [0.3, 0.4) is 0 Å². The highest BCUT2D eigenvalue weighted by molar-refractivity contribution is 7.90. The summed E-state index contributed by atoms with van der Waals surface area (Å²) in [6.07, 6.45) is 2.57. The second-order valence-electron chi connectivity index (χ2n) is 6.55. The van der Waals surface area contributed by atoms with Gasteiger partial charge in [-0.3, -0.25) is 0 Å². The van der Waals surface area contributed by atoms with Crippen molar-refractivity contribution in [3.63, 3.8) is 0 Å². The molecular weight excluding hydrogens is 390 g/mol. The standard InChI is InChI=1S/C17H15N3O5S2/c1-17(2)14(10-4-6-11(7-5-10)27(3,22)23)15(16(21)25-17)24-13-8-12-18-9-19-20(12)26-13/h4-9H,1-3H3. The van der Waals surface area contributed by atoms with Crippen molar-refractivity contribution in [2.45, 2.75) is 24.3 Å². The molecule has 0 N–H and O–H groups in total. The minimum absolute atomic E-state index is 0.0663. The van der Waals surface area contributed by atoms with Gasteiger partial charge in [-0.05, 0) is 31.5 Å². The van der Waals surface area contributed by atoms with Crippen LogP contribution in [0.25, 0.3) is 11.2 Å². The molecule has 0 saturated heterocycles. The van der Waals surface area contributed by atoms with Gasteiger partial charge in [0.1, 0.15) is 11.9 Å². The number of hydrogen-bond acceptors (Lipinski definition) is 8. The molecule has 0 unspecified atom stereocenters. The summed E-state index contributed by atoms with van der Waals surface area (Å²) in [7, 11) is -3.31. The lowest BCUT2D eigenvalue weighted by Crippen LogP contribution is -2.22. The highest BCUT2D eigenvalue weighted by Gasteiger charge is 2.43. The average Bonchev–Trinajstić information content (AvgIpc) is 3.19. The molecule has 0 bridgehead atoms. The van der Waals surface area contributed by atoms with E-state index in [0.29, 0.717) is 21.8 Å². The van der Waals surface area contributed by atoms with Gasteiger partial charge in [0, 0.05) is 23.9 Å². The number of hydrogen-bond donors (Lipinski definition) is 0. The minimum atomic E-state index is -3.31. The number of aromatic nitrogens is 3. The molecule has 10 heteroatoms. The number of cyclic esters (lactones) is 1. The summed E-state index contributed by atoms with van der Waals surface area (Å²) in [4.78, 5) is 16.7. The largest absolute Gasteiger partial charge is 0.449 e. The van der Waals surface area contributed by atoms with Gasteiger partial charge in [0.2, 0.25) is 10.8 Å². The highest BCUT2D eigenvalue weighted by Crippen LogP contribution is 2.41. The van der Waals surface area contributed by atoms with Crippen LogP contribution in [0, 0.1) is 0 Å². The maximum Gasteiger partial charge on any atom is 0.375 e. The van der Waals surface area contributed by atoms with E-state index in [0.717, 1.165) is 6.26 Å². The van der Waals surface area contributed by atoms with E-state index < -0.39 is 21.4 Å². The van der Waals surface area contributed by atoms with Crippen LogP contribution in [-0.2, 0) is 19.4 Å². The van der Waals surface area contributed by atoms with E-state index in [9.17, 15) is 13.2 Å². The van der Waals surface area contributed by atoms with Crippen molar-refractivity contribution in [1.82, 2.24) is 14.0 Å². The molecule has 1 aromatic carbocycles. The molecule has 3 heterocycles. The second-order valence-corrected chi connectivity index (χ2v) is 9.49. The maximum atomic E-state index is 12.4. The van der Waals surface area contributed by atoms with E-state index in [1.165, 1.54) is 30.0 Å². The normalized spacial score (nSPS) is 16.8. The summed E-state index contributed by atoms with van der Waals surface area (Å²) in [5, 5.41) is 4.47. The lowest BCUT2D eigenvalue weighted by molar-refractivity contribution is -0.145. The summed E-state index contributed by atoms with van der Waals surface area (Å²) in [5.41, 5.74) is 0.883. The smallest absolute Gasteiger partial charge is 0.375 e. The number of fused-ring (bicyclic) bond motifs is 1. The summed E-state index contributed by atoms with van der Waals surface area (Å²) >= 11 is 1.20. The minimum Gasteiger partial charge on any atom is -0.449 e. The Bertz CT molecular complexity index is 1160. The Morgan fingerprint density at radius 3 is 2.56 bits per heavy atom. The average molecular weight is 405 g/mol. The summed E-state index contributed by atoms with van der Waals surface area (Å²) < 4.78 is 36.2. The molecule has 0 atom stereocenters. The van der Waals surface area contributed by atoms with Crippen molar-refractivity contribution >= 4 is 38.6 Å². The molecule has 0 amide bonds. The molecule has 140 valence electrons. The number of nitrogens with zero attached hydrogens (tertiary/aromatic N) is 3. The molecule has 27 heavy (non-hydrogen) atoms. The predicted molar refractivity (Wildman–Crippen MR) is 98.1 cm³/mol. The summed E-state index contributed by atoms with van der Waals surface area (Å²) in [6, 6.07) is 7.95. The van der Waals surface area contributed by atoms with Crippen LogP contribution in [0.4, 0.5) is 0 Å². The molecule has 4 rings (SSSR count). The van der Waals surface area contributed by atoms with Crippen molar-refractivity contribution < 1.29 is 22.7 Å². The fourth-order valence-electron chi connectivity index (χ4n) is 2.91. The molecule has 0 fully saturated rings.